The highest BCUT2D eigenvalue weighted by Gasteiger charge is 2.30. The lowest BCUT2D eigenvalue weighted by Gasteiger charge is -2.15. The summed E-state index contributed by atoms with van der Waals surface area (Å²) in [6.07, 6.45) is 2.27. The highest BCUT2D eigenvalue weighted by atomic mass is 35.5. The van der Waals surface area contributed by atoms with Crippen molar-refractivity contribution in [2.75, 3.05) is 24.7 Å². The number of pyridine rings is 1. The number of hydrogen-bond donors (Lipinski definition) is 0. The minimum atomic E-state index is -0.172. The first-order valence-corrected chi connectivity index (χ1v) is 9.25. The van der Waals surface area contributed by atoms with Gasteiger partial charge in [0, 0.05) is 25.7 Å². The van der Waals surface area contributed by atoms with Gasteiger partial charge in [-0.15, -0.1) is 0 Å². The molecule has 1 saturated heterocycles. The Morgan fingerprint density at radius 1 is 1.30 bits per heavy atom. The number of aromatic nitrogens is 3. The van der Waals surface area contributed by atoms with E-state index in [1.165, 1.54) is 6.20 Å². The van der Waals surface area contributed by atoms with E-state index in [1.807, 2.05) is 24.3 Å². The molecule has 1 amide bonds. The molecule has 1 atom stereocenters. The number of anilines is 1. The summed E-state index contributed by atoms with van der Waals surface area (Å²) in [4.78, 5) is 23.5. The Balaban J connectivity index is 1.41. The summed E-state index contributed by atoms with van der Waals surface area (Å²) in [7, 11) is 0. The number of halogens is 1. The second-order valence-electron chi connectivity index (χ2n) is 6.62. The van der Waals surface area contributed by atoms with Crippen LogP contribution in [0.1, 0.15) is 16.8 Å². The number of carbonyl (C=O) groups excluding carboxylic acids is 1. The molecule has 8 heteroatoms. The molecule has 7 nitrogen and oxygen atoms in total. The van der Waals surface area contributed by atoms with Crippen LogP contribution in [0, 0.1) is 0 Å². The predicted molar refractivity (Wildman–Crippen MR) is 101 cm³/mol. The van der Waals surface area contributed by atoms with Crippen molar-refractivity contribution in [1.29, 1.82) is 0 Å². The normalized spacial score (nSPS) is 18.9. The molecule has 4 heterocycles. The Labute approximate surface area is 160 Å². The minimum Gasteiger partial charge on any atom is -0.471 e. The van der Waals surface area contributed by atoms with Gasteiger partial charge in [-0.1, -0.05) is 23.7 Å². The number of ether oxygens (including phenoxy) is 2. The lowest BCUT2D eigenvalue weighted by atomic mass is 10.2. The van der Waals surface area contributed by atoms with Crippen LogP contribution in [-0.2, 0) is 11.3 Å². The van der Waals surface area contributed by atoms with E-state index in [2.05, 4.69) is 14.5 Å². The van der Waals surface area contributed by atoms with Gasteiger partial charge in [-0.05, 0) is 18.2 Å². The van der Waals surface area contributed by atoms with Crippen LogP contribution in [0.4, 0.5) is 5.95 Å². The van der Waals surface area contributed by atoms with E-state index in [0.29, 0.717) is 48.7 Å². The average Bonchev–Trinajstić information content (AvgIpc) is 3.39. The van der Waals surface area contributed by atoms with Crippen LogP contribution in [0.2, 0.25) is 5.02 Å². The van der Waals surface area contributed by atoms with Gasteiger partial charge in [0.1, 0.15) is 11.1 Å². The van der Waals surface area contributed by atoms with Crippen LogP contribution < -0.4 is 9.64 Å². The van der Waals surface area contributed by atoms with Crippen LogP contribution in [0.15, 0.2) is 36.5 Å². The number of fused-ring (bicyclic) bond motifs is 3. The molecule has 2 aliphatic heterocycles. The summed E-state index contributed by atoms with van der Waals surface area (Å²) in [5, 5.41) is 0.320. The number of carbonyl (C=O) groups is 1. The lowest BCUT2D eigenvalue weighted by Crippen LogP contribution is -2.29. The summed E-state index contributed by atoms with van der Waals surface area (Å²) in [6, 6.07) is 9.47. The first-order valence-electron chi connectivity index (χ1n) is 8.88. The van der Waals surface area contributed by atoms with Gasteiger partial charge in [0.15, 0.2) is 0 Å². The van der Waals surface area contributed by atoms with Gasteiger partial charge >= 0.3 is 0 Å². The molecule has 1 unspecified atom stereocenters. The summed E-state index contributed by atoms with van der Waals surface area (Å²) < 4.78 is 13.1. The summed E-state index contributed by atoms with van der Waals surface area (Å²) in [5.41, 5.74) is 2.32. The largest absolute Gasteiger partial charge is 0.471 e. The number of nitrogens with zero attached hydrogens (tertiary/aromatic N) is 4. The molecule has 0 radical (unpaired) electrons. The SMILES string of the molecule is O=C(c1cnc(OC2CCOC2)c(Cl)c1)N1CCn2c1nc1ccccc12. The van der Waals surface area contributed by atoms with Crippen LogP contribution in [-0.4, -0.2) is 46.3 Å². The zero-order valence-corrected chi connectivity index (χ0v) is 15.2. The molecular weight excluding hydrogens is 368 g/mol. The highest BCUT2D eigenvalue weighted by Crippen LogP contribution is 2.30. The molecule has 5 rings (SSSR count). The summed E-state index contributed by atoms with van der Waals surface area (Å²) in [5.74, 6) is 0.812. The van der Waals surface area contributed by atoms with Gasteiger partial charge in [-0.25, -0.2) is 9.97 Å². The van der Waals surface area contributed by atoms with Gasteiger partial charge in [-0.3, -0.25) is 9.69 Å². The van der Waals surface area contributed by atoms with Crippen LogP contribution in [0.3, 0.4) is 0 Å². The topological polar surface area (TPSA) is 69.5 Å². The lowest BCUT2D eigenvalue weighted by molar-refractivity contribution is 0.0988. The van der Waals surface area contributed by atoms with Crippen molar-refractivity contribution in [2.24, 2.45) is 0 Å². The second-order valence-corrected chi connectivity index (χ2v) is 7.03. The second kappa shape index (κ2) is 6.51. The zero-order chi connectivity index (χ0) is 18.4. The Kier molecular flexibility index (Phi) is 3.98. The van der Waals surface area contributed by atoms with E-state index in [-0.39, 0.29) is 12.0 Å². The smallest absolute Gasteiger partial charge is 0.262 e. The van der Waals surface area contributed by atoms with Gasteiger partial charge in [-0.2, -0.15) is 0 Å². The quantitative estimate of drug-likeness (QED) is 0.694. The number of para-hydroxylation sites is 2. The maximum Gasteiger partial charge on any atom is 0.262 e. The number of benzene rings is 1. The van der Waals surface area contributed by atoms with Gasteiger partial charge in [0.2, 0.25) is 11.8 Å². The molecule has 0 saturated carbocycles. The maximum absolute atomic E-state index is 13.0. The van der Waals surface area contributed by atoms with Crippen LogP contribution >= 0.6 is 11.6 Å². The molecule has 2 aromatic heterocycles. The van der Waals surface area contributed by atoms with Gasteiger partial charge < -0.3 is 14.0 Å². The first kappa shape index (κ1) is 16.5. The Bertz CT molecular complexity index is 1030. The molecule has 1 fully saturated rings. The first-order chi connectivity index (χ1) is 13.2. The molecule has 0 spiro atoms. The summed E-state index contributed by atoms with van der Waals surface area (Å²) in [6.45, 7) is 2.49. The Morgan fingerprint density at radius 3 is 3.00 bits per heavy atom. The molecule has 27 heavy (non-hydrogen) atoms. The van der Waals surface area contributed by atoms with E-state index < -0.39 is 0 Å². The van der Waals surface area contributed by atoms with Crippen molar-refractivity contribution in [1.82, 2.24) is 14.5 Å². The molecule has 3 aromatic rings. The van der Waals surface area contributed by atoms with E-state index in [1.54, 1.807) is 11.0 Å². The van der Waals surface area contributed by atoms with Crippen molar-refractivity contribution < 1.29 is 14.3 Å². The molecule has 0 aliphatic carbocycles. The van der Waals surface area contributed by atoms with Crippen LogP contribution in [0.25, 0.3) is 11.0 Å². The number of amides is 1. The average molecular weight is 385 g/mol. The third-order valence-electron chi connectivity index (χ3n) is 4.89. The van der Waals surface area contributed by atoms with Crippen LogP contribution in [0.5, 0.6) is 5.88 Å². The molecule has 138 valence electrons. The molecule has 0 N–H and O–H groups in total. The summed E-state index contributed by atoms with van der Waals surface area (Å²) >= 11 is 6.30. The minimum absolute atomic E-state index is 0.0463. The van der Waals surface area contributed by atoms with E-state index in [4.69, 9.17) is 21.1 Å². The van der Waals surface area contributed by atoms with Crippen molar-refractivity contribution in [3.8, 4) is 5.88 Å². The van der Waals surface area contributed by atoms with Crippen molar-refractivity contribution in [3.63, 3.8) is 0 Å². The number of rotatable bonds is 3. The third kappa shape index (κ3) is 2.83. The molecule has 1 aromatic carbocycles. The fourth-order valence-electron chi connectivity index (χ4n) is 3.53. The predicted octanol–water partition coefficient (Wildman–Crippen LogP) is 2.91. The van der Waals surface area contributed by atoms with Gasteiger partial charge in [0.05, 0.1) is 29.8 Å². The van der Waals surface area contributed by atoms with E-state index in [0.717, 1.165) is 17.5 Å². The van der Waals surface area contributed by atoms with Crippen molar-refractivity contribution in [3.05, 3.63) is 47.1 Å². The molecular formula is C19H17ClN4O3. The molecule has 2 aliphatic rings. The maximum atomic E-state index is 13.0. The van der Waals surface area contributed by atoms with E-state index >= 15 is 0 Å². The third-order valence-corrected chi connectivity index (χ3v) is 5.16. The standard InChI is InChI=1S/C19H17ClN4O3/c20-14-9-12(10-21-17(14)27-13-5-8-26-11-13)18(25)24-7-6-23-16-4-2-1-3-15(16)22-19(23)24/h1-4,9-10,13H,5-8,11H2. The number of imidazole rings is 1. The number of hydrogen-bond acceptors (Lipinski definition) is 5. The van der Waals surface area contributed by atoms with Gasteiger partial charge in [0.25, 0.3) is 5.91 Å². The van der Waals surface area contributed by atoms with E-state index in [9.17, 15) is 4.79 Å². The van der Waals surface area contributed by atoms with Crippen molar-refractivity contribution >= 4 is 34.5 Å². The molecule has 0 bridgehead atoms. The Hall–Kier alpha value is -2.64. The zero-order valence-electron chi connectivity index (χ0n) is 14.5. The Morgan fingerprint density at radius 2 is 2.19 bits per heavy atom. The fourth-order valence-corrected chi connectivity index (χ4v) is 3.74. The van der Waals surface area contributed by atoms with Crippen molar-refractivity contribution in [2.45, 2.75) is 19.1 Å². The monoisotopic (exact) mass is 384 g/mol. The fraction of sp³-hybridized carbons (Fsp3) is 0.316. The highest BCUT2D eigenvalue weighted by molar-refractivity contribution is 6.32.